The maximum atomic E-state index is 12.4. The number of aromatic nitrogens is 2. The van der Waals surface area contributed by atoms with Crippen LogP contribution in [0.3, 0.4) is 0 Å². The molecular formula is C12H6Cl2F3N5O. The van der Waals surface area contributed by atoms with Crippen molar-refractivity contribution < 1.29 is 17.9 Å². The molecule has 23 heavy (non-hydrogen) atoms. The van der Waals surface area contributed by atoms with Crippen molar-refractivity contribution in [2.75, 3.05) is 11.5 Å². The molecule has 0 bridgehead atoms. The van der Waals surface area contributed by atoms with Gasteiger partial charge in [0.2, 0.25) is 5.95 Å². The molecule has 4 N–H and O–H groups in total. The van der Waals surface area contributed by atoms with Crippen LogP contribution in [-0.2, 0) is 0 Å². The standard InChI is InChI=1S/C12H6Cl2F3N5O/c13-6-1-4(2-7(8(6)14)23-12(15,16)17)9-5(3-18)10(19)22-11(20)21-9/h1-2H,(H4,19,20,21,22). The summed E-state index contributed by atoms with van der Waals surface area (Å²) in [5.41, 5.74) is 10.7. The molecule has 1 aromatic carbocycles. The Bertz CT molecular complexity index is 820. The van der Waals surface area contributed by atoms with Gasteiger partial charge in [0, 0.05) is 5.56 Å². The predicted molar refractivity (Wildman–Crippen MR) is 77.7 cm³/mol. The highest BCUT2D eigenvalue weighted by atomic mass is 35.5. The van der Waals surface area contributed by atoms with E-state index in [1.807, 2.05) is 0 Å². The van der Waals surface area contributed by atoms with E-state index in [0.717, 1.165) is 6.07 Å². The summed E-state index contributed by atoms with van der Waals surface area (Å²) < 4.78 is 41.1. The number of anilines is 2. The van der Waals surface area contributed by atoms with Gasteiger partial charge < -0.3 is 16.2 Å². The summed E-state index contributed by atoms with van der Waals surface area (Å²) in [7, 11) is 0. The molecule has 6 nitrogen and oxygen atoms in total. The minimum atomic E-state index is -4.98. The van der Waals surface area contributed by atoms with E-state index >= 15 is 0 Å². The number of halogens is 5. The average Bonchev–Trinajstić information content (AvgIpc) is 2.41. The lowest BCUT2D eigenvalue weighted by molar-refractivity contribution is -0.274. The third-order valence-corrected chi connectivity index (χ3v) is 3.34. The zero-order valence-electron chi connectivity index (χ0n) is 10.9. The first-order chi connectivity index (χ1) is 10.6. The number of hydrogen-bond donors (Lipinski definition) is 2. The molecule has 11 heteroatoms. The number of nitrogen functional groups attached to an aromatic ring is 2. The van der Waals surface area contributed by atoms with E-state index in [1.165, 1.54) is 6.07 Å². The molecule has 0 spiro atoms. The predicted octanol–water partition coefficient (Wildman–Crippen LogP) is 3.39. The number of alkyl halides is 3. The number of ether oxygens (including phenoxy) is 1. The molecule has 0 radical (unpaired) electrons. The van der Waals surface area contributed by atoms with E-state index < -0.39 is 17.1 Å². The summed E-state index contributed by atoms with van der Waals surface area (Å²) in [6, 6.07) is 3.87. The Hall–Kier alpha value is -2.44. The van der Waals surface area contributed by atoms with Crippen molar-refractivity contribution >= 4 is 35.0 Å². The van der Waals surface area contributed by atoms with Gasteiger partial charge in [-0.15, -0.1) is 13.2 Å². The lowest BCUT2D eigenvalue weighted by Crippen LogP contribution is -2.17. The third-order valence-electron chi connectivity index (χ3n) is 2.56. The Morgan fingerprint density at radius 2 is 1.83 bits per heavy atom. The monoisotopic (exact) mass is 363 g/mol. The molecule has 0 aliphatic rings. The number of nitrogens with two attached hydrogens (primary N) is 2. The first-order valence-electron chi connectivity index (χ1n) is 5.70. The molecule has 0 unspecified atom stereocenters. The van der Waals surface area contributed by atoms with Crippen molar-refractivity contribution in [3.8, 4) is 23.1 Å². The fraction of sp³-hybridized carbons (Fsp3) is 0.0833. The average molecular weight is 364 g/mol. The van der Waals surface area contributed by atoms with E-state index in [0.29, 0.717) is 0 Å². The number of nitriles is 1. The largest absolute Gasteiger partial charge is 0.573 e. The van der Waals surface area contributed by atoms with Crippen LogP contribution >= 0.6 is 23.2 Å². The summed E-state index contributed by atoms with van der Waals surface area (Å²) in [5.74, 6) is -1.23. The molecule has 0 atom stereocenters. The van der Waals surface area contributed by atoms with Crippen molar-refractivity contribution in [2.45, 2.75) is 6.36 Å². The van der Waals surface area contributed by atoms with Crippen molar-refractivity contribution in [3.05, 3.63) is 27.7 Å². The normalized spacial score (nSPS) is 11.1. The molecule has 2 aromatic rings. The van der Waals surface area contributed by atoms with Gasteiger partial charge in [-0.3, -0.25) is 0 Å². The Morgan fingerprint density at radius 3 is 2.39 bits per heavy atom. The van der Waals surface area contributed by atoms with Gasteiger partial charge in [-0.2, -0.15) is 10.2 Å². The number of hydrogen-bond acceptors (Lipinski definition) is 6. The minimum absolute atomic E-state index is 0.0102. The fourth-order valence-electron chi connectivity index (χ4n) is 1.71. The van der Waals surface area contributed by atoms with Crippen molar-refractivity contribution in [3.63, 3.8) is 0 Å². The zero-order chi connectivity index (χ0) is 17.4. The van der Waals surface area contributed by atoms with E-state index in [1.54, 1.807) is 6.07 Å². The van der Waals surface area contributed by atoms with E-state index in [9.17, 15) is 13.2 Å². The van der Waals surface area contributed by atoms with Gasteiger partial charge in [0.25, 0.3) is 0 Å². The molecule has 1 heterocycles. The Kier molecular flexibility index (Phi) is 4.40. The molecular weight excluding hydrogens is 358 g/mol. The van der Waals surface area contributed by atoms with Crippen LogP contribution < -0.4 is 16.2 Å². The van der Waals surface area contributed by atoms with Gasteiger partial charge in [-0.1, -0.05) is 23.2 Å². The van der Waals surface area contributed by atoms with E-state index in [-0.39, 0.29) is 33.6 Å². The molecule has 0 saturated carbocycles. The summed E-state index contributed by atoms with van der Waals surface area (Å²) in [6.07, 6.45) is -4.98. The summed E-state index contributed by atoms with van der Waals surface area (Å²) in [6.45, 7) is 0. The zero-order valence-corrected chi connectivity index (χ0v) is 12.5. The van der Waals surface area contributed by atoms with Gasteiger partial charge in [-0.25, -0.2) is 4.98 Å². The molecule has 120 valence electrons. The van der Waals surface area contributed by atoms with Gasteiger partial charge in [-0.05, 0) is 12.1 Å². The third kappa shape index (κ3) is 3.67. The molecule has 0 fully saturated rings. The molecule has 0 aliphatic heterocycles. The molecule has 1 aromatic heterocycles. The van der Waals surface area contributed by atoms with Crippen molar-refractivity contribution in [2.24, 2.45) is 0 Å². The molecule has 2 rings (SSSR count). The van der Waals surface area contributed by atoms with Crippen LogP contribution in [0.2, 0.25) is 10.0 Å². The van der Waals surface area contributed by atoms with Crippen LogP contribution in [0.15, 0.2) is 12.1 Å². The van der Waals surface area contributed by atoms with Crippen LogP contribution in [0.1, 0.15) is 5.56 Å². The van der Waals surface area contributed by atoms with Crippen LogP contribution in [0, 0.1) is 11.3 Å². The van der Waals surface area contributed by atoms with Gasteiger partial charge in [0.05, 0.1) is 10.7 Å². The Balaban J connectivity index is 2.69. The second-order valence-corrected chi connectivity index (χ2v) is 4.91. The highest BCUT2D eigenvalue weighted by molar-refractivity contribution is 6.43. The molecule has 0 saturated heterocycles. The highest BCUT2D eigenvalue weighted by Gasteiger charge is 2.33. The lowest BCUT2D eigenvalue weighted by Gasteiger charge is -2.13. The fourth-order valence-corrected chi connectivity index (χ4v) is 2.07. The SMILES string of the molecule is N#Cc1c(N)nc(N)nc1-c1cc(Cl)c(Cl)c(OC(F)(F)F)c1. The summed E-state index contributed by atoms with van der Waals surface area (Å²) >= 11 is 11.5. The van der Waals surface area contributed by atoms with Gasteiger partial charge in [0.15, 0.2) is 0 Å². The number of rotatable bonds is 2. The Morgan fingerprint density at radius 1 is 1.17 bits per heavy atom. The quantitative estimate of drug-likeness (QED) is 0.845. The number of benzene rings is 1. The molecule has 0 aliphatic carbocycles. The van der Waals surface area contributed by atoms with E-state index in [2.05, 4.69) is 14.7 Å². The van der Waals surface area contributed by atoms with Gasteiger partial charge in [0.1, 0.15) is 28.2 Å². The Labute approximate surface area is 137 Å². The van der Waals surface area contributed by atoms with Crippen molar-refractivity contribution in [1.29, 1.82) is 5.26 Å². The van der Waals surface area contributed by atoms with E-state index in [4.69, 9.17) is 39.9 Å². The van der Waals surface area contributed by atoms with Crippen LogP contribution in [0.25, 0.3) is 11.3 Å². The smallest absolute Gasteiger partial charge is 0.404 e. The first-order valence-corrected chi connectivity index (χ1v) is 6.46. The molecule has 0 amide bonds. The maximum Gasteiger partial charge on any atom is 0.573 e. The highest BCUT2D eigenvalue weighted by Crippen LogP contribution is 2.40. The van der Waals surface area contributed by atoms with Gasteiger partial charge >= 0.3 is 6.36 Å². The summed E-state index contributed by atoms with van der Waals surface area (Å²) in [4.78, 5) is 7.41. The van der Waals surface area contributed by atoms with Crippen LogP contribution in [0.4, 0.5) is 24.9 Å². The second-order valence-electron chi connectivity index (χ2n) is 4.12. The topological polar surface area (TPSA) is 111 Å². The first kappa shape index (κ1) is 16.9. The minimum Gasteiger partial charge on any atom is -0.404 e. The van der Waals surface area contributed by atoms with Crippen LogP contribution in [0.5, 0.6) is 5.75 Å². The lowest BCUT2D eigenvalue weighted by atomic mass is 10.1. The number of nitrogens with zero attached hydrogens (tertiary/aromatic N) is 3. The van der Waals surface area contributed by atoms with Crippen molar-refractivity contribution in [1.82, 2.24) is 9.97 Å². The van der Waals surface area contributed by atoms with Crippen LogP contribution in [-0.4, -0.2) is 16.3 Å². The summed E-state index contributed by atoms with van der Waals surface area (Å²) in [5, 5.41) is 8.43. The second kappa shape index (κ2) is 5.98. The maximum absolute atomic E-state index is 12.4.